The molecule has 0 aromatic heterocycles. The van der Waals surface area contributed by atoms with Crippen LogP contribution in [0.15, 0.2) is 0 Å². The second-order valence-electron chi connectivity index (χ2n) is 0.996. The molecule has 0 aromatic rings. The van der Waals surface area contributed by atoms with E-state index in [0.717, 1.165) is 0 Å². The summed E-state index contributed by atoms with van der Waals surface area (Å²) in [4.78, 5) is 0. The van der Waals surface area contributed by atoms with Gasteiger partial charge in [-0.1, -0.05) is 0 Å². The topological polar surface area (TPSA) is 74.6 Å². The van der Waals surface area contributed by atoms with Gasteiger partial charge < -0.3 is 10.2 Å². The summed E-state index contributed by atoms with van der Waals surface area (Å²) < 4.78 is 19.1. The van der Waals surface area contributed by atoms with E-state index in [1.54, 1.807) is 0 Å². The number of hydrogen-bond acceptors (Lipinski definition) is 4. The lowest BCUT2D eigenvalue weighted by molar-refractivity contribution is -0.0200. The summed E-state index contributed by atoms with van der Waals surface area (Å²) in [5.74, 6) is 0. The Balaban J connectivity index is 3.32. The van der Waals surface area contributed by atoms with Crippen molar-refractivity contribution in [1.82, 2.24) is 0 Å². The Bertz CT molecular complexity index is 96.3. The molecule has 0 saturated carbocycles. The minimum absolute atomic E-state index is 0.574. The predicted molar refractivity (Wildman–Crippen MR) is 21.4 cm³/mol. The second kappa shape index (κ2) is 2.91. The van der Waals surface area contributed by atoms with Crippen molar-refractivity contribution in [2.24, 2.45) is 0 Å². The maximum Gasteiger partial charge on any atom is 0.320 e. The Morgan fingerprint density at radius 1 is 1.43 bits per heavy atom. The highest BCUT2D eigenvalue weighted by Gasteiger charge is 1.98. The molecule has 7 heavy (non-hydrogen) atoms. The molecule has 0 aromatic carbocycles. The molecule has 2 N–H and O–H groups in total. The molecular weight excluding hydrogens is 119 g/mol. The van der Waals surface area contributed by atoms with Gasteiger partial charge in [0.05, 0.1) is 0 Å². The summed E-state index contributed by atoms with van der Waals surface area (Å²) in [6.45, 7) is 0. The zero-order valence-corrected chi connectivity index (χ0v) is 4.34. The normalized spacial score (nSPS) is 9.57. The molecule has 0 rings (SSSR count). The number of aliphatic hydroxyl groups is 2. The summed E-state index contributed by atoms with van der Waals surface area (Å²) in [7, 11) is -2.64. The smallest absolute Gasteiger partial charge is 0.320 e. The lowest BCUT2D eigenvalue weighted by atomic mass is 10.8. The molecule has 0 atom stereocenters. The van der Waals surface area contributed by atoms with Gasteiger partial charge >= 0.3 is 7.68 Å². The van der Waals surface area contributed by atoms with E-state index in [0.29, 0.717) is 0 Å². The third-order valence-electron chi connectivity index (χ3n) is 0.312. The summed E-state index contributed by atoms with van der Waals surface area (Å²) >= 11 is 0. The first-order valence-corrected chi connectivity index (χ1v) is 2.97. The predicted octanol–water partition coefficient (Wildman–Crippen LogP) is -0.530. The first-order chi connectivity index (χ1) is 3.13. The lowest BCUT2D eigenvalue weighted by Crippen LogP contribution is -2.04. The van der Waals surface area contributed by atoms with Crippen molar-refractivity contribution in [3.63, 3.8) is 0 Å². The highest BCUT2D eigenvalue weighted by atomic mass is 31.1. The summed E-state index contributed by atoms with van der Waals surface area (Å²) in [6, 6.07) is 0. The molecule has 0 fully saturated rings. The van der Waals surface area contributed by atoms with Crippen LogP contribution in [-0.4, -0.2) is 22.7 Å². The summed E-state index contributed by atoms with van der Waals surface area (Å²) in [5.41, 5.74) is 0. The maximum atomic E-state index is 9.53. The van der Waals surface area contributed by atoms with E-state index in [9.17, 15) is 9.13 Å². The van der Waals surface area contributed by atoms with Crippen LogP contribution in [0, 0.1) is 0 Å². The zero-order chi connectivity index (χ0) is 5.86. The molecule has 0 aliphatic carbocycles. The highest BCUT2D eigenvalue weighted by Crippen LogP contribution is 2.01. The van der Waals surface area contributed by atoms with Crippen LogP contribution in [0.4, 0.5) is 0 Å². The Morgan fingerprint density at radius 3 is 1.86 bits per heavy atom. The Hall–Kier alpha value is -0.180. The lowest BCUT2D eigenvalue weighted by Gasteiger charge is -1.88. The van der Waals surface area contributed by atoms with Crippen molar-refractivity contribution in [1.29, 1.82) is 0 Å². The molecule has 0 radical (unpaired) electrons. The average molecular weight is 124 g/mol. The number of hydrogen-bond donors (Lipinski definition) is 2. The van der Waals surface area contributed by atoms with Gasteiger partial charge in [-0.2, -0.15) is 0 Å². The van der Waals surface area contributed by atoms with Crippen molar-refractivity contribution in [3.05, 3.63) is 0 Å². The monoisotopic (exact) mass is 124 g/mol. The van der Waals surface area contributed by atoms with Gasteiger partial charge in [-0.25, -0.2) is 9.13 Å². The van der Waals surface area contributed by atoms with Crippen molar-refractivity contribution >= 4 is 7.68 Å². The van der Waals surface area contributed by atoms with E-state index >= 15 is 0 Å². The SMILES string of the molecule is O=P(=O)CC(O)O. The fourth-order valence-electron chi connectivity index (χ4n) is 0.133. The van der Waals surface area contributed by atoms with Gasteiger partial charge in [0.2, 0.25) is 0 Å². The molecule has 0 aliphatic rings. The highest BCUT2D eigenvalue weighted by molar-refractivity contribution is 7.30. The largest absolute Gasteiger partial charge is 0.367 e. The van der Waals surface area contributed by atoms with Crippen LogP contribution in [0.5, 0.6) is 0 Å². The van der Waals surface area contributed by atoms with Gasteiger partial charge in [-0.15, -0.1) is 0 Å². The Labute approximate surface area is 40.6 Å². The molecule has 0 aliphatic heterocycles. The zero-order valence-electron chi connectivity index (χ0n) is 3.44. The fraction of sp³-hybridized carbons (Fsp3) is 1.00. The fourth-order valence-corrected chi connectivity index (χ4v) is 0.400. The van der Waals surface area contributed by atoms with Crippen molar-refractivity contribution < 1.29 is 19.3 Å². The van der Waals surface area contributed by atoms with Crippen LogP contribution in [-0.2, 0) is 9.13 Å². The molecule has 0 spiro atoms. The number of rotatable bonds is 2. The van der Waals surface area contributed by atoms with Crippen molar-refractivity contribution in [3.8, 4) is 0 Å². The van der Waals surface area contributed by atoms with Gasteiger partial charge in [0.25, 0.3) is 0 Å². The summed E-state index contributed by atoms with van der Waals surface area (Å²) in [6.07, 6.45) is -2.30. The molecule has 0 amide bonds. The molecule has 4 nitrogen and oxygen atoms in total. The molecule has 0 saturated heterocycles. The standard InChI is InChI=1S/C2H5O4P/c3-2(4)1-7(5)6/h2-4H,1H2. The third kappa shape index (κ3) is 5.82. The van der Waals surface area contributed by atoms with Crippen LogP contribution in [0.2, 0.25) is 0 Å². The minimum atomic E-state index is -2.64. The Kier molecular flexibility index (Phi) is 2.83. The van der Waals surface area contributed by atoms with Gasteiger partial charge in [-0.3, -0.25) is 0 Å². The molecule has 0 heterocycles. The van der Waals surface area contributed by atoms with E-state index in [2.05, 4.69) is 0 Å². The summed E-state index contributed by atoms with van der Waals surface area (Å²) in [5, 5.41) is 15.8. The quantitative estimate of drug-likeness (QED) is 0.383. The van der Waals surface area contributed by atoms with E-state index in [1.807, 2.05) is 0 Å². The molecule has 0 bridgehead atoms. The minimum Gasteiger partial charge on any atom is -0.367 e. The van der Waals surface area contributed by atoms with Gasteiger partial charge in [-0.05, 0) is 0 Å². The van der Waals surface area contributed by atoms with Crippen molar-refractivity contribution in [2.75, 3.05) is 6.16 Å². The second-order valence-corrected chi connectivity index (χ2v) is 2.03. The molecule has 5 heteroatoms. The first kappa shape index (κ1) is 6.82. The van der Waals surface area contributed by atoms with Crippen LogP contribution in [0.3, 0.4) is 0 Å². The third-order valence-corrected chi connectivity index (χ3v) is 0.937. The van der Waals surface area contributed by atoms with Crippen LogP contribution >= 0.6 is 7.68 Å². The van der Waals surface area contributed by atoms with Crippen LogP contribution < -0.4 is 0 Å². The molecular formula is C2H5O4P. The number of aliphatic hydroxyl groups excluding tert-OH is 1. The van der Waals surface area contributed by atoms with Crippen LogP contribution in [0.1, 0.15) is 0 Å². The van der Waals surface area contributed by atoms with E-state index < -0.39 is 20.1 Å². The van der Waals surface area contributed by atoms with E-state index in [-0.39, 0.29) is 0 Å². The van der Waals surface area contributed by atoms with Crippen molar-refractivity contribution in [2.45, 2.75) is 6.29 Å². The molecule has 42 valence electrons. The Morgan fingerprint density at radius 2 is 1.86 bits per heavy atom. The van der Waals surface area contributed by atoms with Gasteiger partial charge in [0, 0.05) is 0 Å². The average Bonchev–Trinajstić information content (AvgIpc) is 1.27. The maximum absolute atomic E-state index is 9.53. The van der Waals surface area contributed by atoms with E-state index in [1.165, 1.54) is 0 Å². The van der Waals surface area contributed by atoms with Gasteiger partial charge in [0.1, 0.15) is 6.16 Å². The first-order valence-electron chi connectivity index (χ1n) is 1.61. The molecule has 0 unspecified atom stereocenters. The van der Waals surface area contributed by atoms with Gasteiger partial charge in [0.15, 0.2) is 6.29 Å². The van der Waals surface area contributed by atoms with E-state index in [4.69, 9.17) is 10.2 Å². The van der Waals surface area contributed by atoms with Crippen LogP contribution in [0.25, 0.3) is 0 Å².